The Bertz CT molecular complexity index is 548. The van der Waals surface area contributed by atoms with Crippen molar-refractivity contribution in [2.24, 2.45) is 5.92 Å². The average molecular weight is 319 g/mol. The van der Waals surface area contributed by atoms with Gasteiger partial charge in [0.25, 0.3) is 5.91 Å². The molecule has 126 valence electrons. The molecule has 1 aliphatic carbocycles. The summed E-state index contributed by atoms with van der Waals surface area (Å²) in [5.41, 5.74) is 1.18. The smallest absolute Gasteiger partial charge is 0.306 e. The molecule has 2 rings (SSSR count). The summed E-state index contributed by atoms with van der Waals surface area (Å²) >= 11 is 0. The van der Waals surface area contributed by atoms with Gasteiger partial charge in [-0.15, -0.1) is 0 Å². The summed E-state index contributed by atoms with van der Waals surface area (Å²) in [7, 11) is 0. The second-order valence-corrected chi connectivity index (χ2v) is 6.47. The monoisotopic (exact) mass is 319 g/mol. The number of rotatable bonds is 6. The fraction of sp³-hybridized carbons (Fsp3) is 0.556. The predicted molar refractivity (Wildman–Crippen MR) is 87.6 cm³/mol. The molecule has 1 amide bonds. The molecule has 23 heavy (non-hydrogen) atoms. The maximum atomic E-state index is 12.0. The third-order valence-corrected chi connectivity index (χ3v) is 4.34. The molecule has 1 aromatic rings. The van der Waals surface area contributed by atoms with Gasteiger partial charge in [0.05, 0.1) is 5.92 Å². The standard InChI is InChI=1S/C18H25NO4/c1-12(2)14-4-3-5-16(10-14)23-11-17(20)19-15-8-6-13(7-9-15)18(21)22/h3-5,10,12-13,15H,6-9,11H2,1-2H3,(H,19,20)(H,21,22). The first-order valence-electron chi connectivity index (χ1n) is 8.20. The van der Waals surface area contributed by atoms with Gasteiger partial charge in [0.2, 0.25) is 0 Å². The lowest BCUT2D eigenvalue weighted by molar-refractivity contribution is -0.142. The molecule has 0 heterocycles. The van der Waals surface area contributed by atoms with Gasteiger partial charge in [-0.3, -0.25) is 9.59 Å². The number of hydrogen-bond donors (Lipinski definition) is 2. The number of amides is 1. The van der Waals surface area contributed by atoms with Gasteiger partial charge in [0, 0.05) is 6.04 Å². The summed E-state index contributed by atoms with van der Waals surface area (Å²) < 4.78 is 5.55. The zero-order valence-electron chi connectivity index (χ0n) is 13.7. The van der Waals surface area contributed by atoms with E-state index in [2.05, 4.69) is 19.2 Å². The Morgan fingerprint density at radius 2 is 1.96 bits per heavy atom. The van der Waals surface area contributed by atoms with Crippen molar-refractivity contribution in [3.8, 4) is 5.75 Å². The van der Waals surface area contributed by atoms with E-state index < -0.39 is 5.97 Å². The van der Waals surface area contributed by atoms with Crippen LogP contribution < -0.4 is 10.1 Å². The normalized spacial score (nSPS) is 21.0. The second-order valence-electron chi connectivity index (χ2n) is 6.47. The minimum atomic E-state index is -0.733. The van der Waals surface area contributed by atoms with E-state index in [1.165, 1.54) is 5.56 Å². The predicted octanol–water partition coefficient (Wildman–Crippen LogP) is 2.95. The molecule has 0 saturated heterocycles. The number of carbonyl (C=O) groups is 2. The van der Waals surface area contributed by atoms with E-state index in [-0.39, 0.29) is 24.5 Å². The Balaban J connectivity index is 1.75. The van der Waals surface area contributed by atoms with Crippen LogP contribution in [-0.2, 0) is 9.59 Å². The number of aliphatic carboxylic acids is 1. The summed E-state index contributed by atoms with van der Waals surface area (Å²) in [5, 5.41) is 11.9. The van der Waals surface area contributed by atoms with E-state index in [9.17, 15) is 9.59 Å². The van der Waals surface area contributed by atoms with E-state index >= 15 is 0 Å². The summed E-state index contributed by atoms with van der Waals surface area (Å²) in [6, 6.07) is 7.82. The van der Waals surface area contributed by atoms with Crippen LogP contribution in [0.25, 0.3) is 0 Å². The van der Waals surface area contributed by atoms with Crippen LogP contribution in [-0.4, -0.2) is 29.6 Å². The Morgan fingerprint density at radius 3 is 2.57 bits per heavy atom. The van der Waals surface area contributed by atoms with E-state index in [0.29, 0.717) is 37.4 Å². The van der Waals surface area contributed by atoms with E-state index in [0.717, 1.165) is 0 Å². The van der Waals surface area contributed by atoms with E-state index in [1.807, 2.05) is 24.3 Å². The van der Waals surface area contributed by atoms with Crippen LogP contribution in [0.2, 0.25) is 0 Å². The maximum Gasteiger partial charge on any atom is 0.306 e. The third kappa shape index (κ3) is 5.27. The zero-order valence-corrected chi connectivity index (χ0v) is 13.7. The average Bonchev–Trinajstić information content (AvgIpc) is 2.53. The number of ether oxygens (including phenoxy) is 1. The second kappa shape index (κ2) is 7.99. The lowest BCUT2D eigenvalue weighted by Crippen LogP contribution is -2.40. The molecular formula is C18H25NO4. The van der Waals surface area contributed by atoms with Gasteiger partial charge >= 0.3 is 5.97 Å². The molecule has 0 spiro atoms. The molecule has 0 atom stereocenters. The SMILES string of the molecule is CC(C)c1cccc(OCC(=O)NC2CCC(C(=O)O)CC2)c1. The van der Waals surface area contributed by atoms with Gasteiger partial charge in [-0.2, -0.15) is 0 Å². The highest BCUT2D eigenvalue weighted by Crippen LogP contribution is 2.24. The van der Waals surface area contributed by atoms with Gasteiger partial charge in [0.15, 0.2) is 6.61 Å². The fourth-order valence-corrected chi connectivity index (χ4v) is 2.87. The highest BCUT2D eigenvalue weighted by atomic mass is 16.5. The van der Waals surface area contributed by atoms with Crippen LogP contribution in [0.5, 0.6) is 5.75 Å². The lowest BCUT2D eigenvalue weighted by Gasteiger charge is -2.26. The largest absolute Gasteiger partial charge is 0.484 e. The molecule has 0 bridgehead atoms. The molecule has 1 aromatic carbocycles. The summed E-state index contributed by atoms with van der Waals surface area (Å²) in [6.07, 6.45) is 2.67. The topological polar surface area (TPSA) is 75.6 Å². The van der Waals surface area contributed by atoms with Gasteiger partial charge in [0.1, 0.15) is 5.75 Å². The molecule has 0 aromatic heterocycles. The molecule has 0 radical (unpaired) electrons. The number of carboxylic acids is 1. The molecule has 5 nitrogen and oxygen atoms in total. The van der Waals surface area contributed by atoms with Crippen molar-refractivity contribution >= 4 is 11.9 Å². The number of nitrogens with one attached hydrogen (secondary N) is 1. The lowest BCUT2D eigenvalue weighted by atomic mass is 9.86. The molecule has 5 heteroatoms. The summed E-state index contributed by atoms with van der Waals surface area (Å²) in [6.45, 7) is 4.21. The van der Waals surface area contributed by atoms with Crippen LogP contribution in [0.1, 0.15) is 51.0 Å². The first kappa shape index (κ1) is 17.3. The highest BCUT2D eigenvalue weighted by molar-refractivity contribution is 5.78. The summed E-state index contributed by atoms with van der Waals surface area (Å²) in [4.78, 5) is 22.9. The maximum absolute atomic E-state index is 12.0. The number of hydrogen-bond acceptors (Lipinski definition) is 3. The molecule has 1 fully saturated rings. The van der Waals surface area contributed by atoms with Crippen molar-refractivity contribution in [3.63, 3.8) is 0 Å². The van der Waals surface area contributed by atoms with Crippen molar-refractivity contribution in [2.75, 3.05) is 6.61 Å². The molecule has 2 N–H and O–H groups in total. The Hall–Kier alpha value is -2.04. The first-order chi connectivity index (χ1) is 11.0. The van der Waals surface area contributed by atoms with Gasteiger partial charge in [-0.25, -0.2) is 0 Å². The van der Waals surface area contributed by atoms with Crippen molar-refractivity contribution in [1.29, 1.82) is 0 Å². The molecule has 0 aliphatic heterocycles. The first-order valence-corrected chi connectivity index (χ1v) is 8.20. The van der Waals surface area contributed by atoms with E-state index in [1.54, 1.807) is 0 Å². The Kier molecular flexibility index (Phi) is 6.02. The van der Waals surface area contributed by atoms with Gasteiger partial charge in [-0.1, -0.05) is 26.0 Å². The molecular weight excluding hydrogens is 294 g/mol. The highest BCUT2D eigenvalue weighted by Gasteiger charge is 2.26. The molecule has 0 unspecified atom stereocenters. The number of carboxylic acid groups (broad SMARTS) is 1. The van der Waals surface area contributed by atoms with Crippen molar-refractivity contribution in [3.05, 3.63) is 29.8 Å². The minimum Gasteiger partial charge on any atom is -0.484 e. The third-order valence-electron chi connectivity index (χ3n) is 4.34. The van der Waals surface area contributed by atoms with Crippen LogP contribution in [0, 0.1) is 5.92 Å². The van der Waals surface area contributed by atoms with Crippen LogP contribution in [0.3, 0.4) is 0 Å². The van der Waals surface area contributed by atoms with Crippen molar-refractivity contribution in [2.45, 2.75) is 51.5 Å². The Morgan fingerprint density at radius 1 is 1.26 bits per heavy atom. The quantitative estimate of drug-likeness (QED) is 0.845. The van der Waals surface area contributed by atoms with Crippen molar-refractivity contribution < 1.29 is 19.4 Å². The van der Waals surface area contributed by atoms with Crippen LogP contribution in [0.4, 0.5) is 0 Å². The van der Waals surface area contributed by atoms with Gasteiger partial charge < -0.3 is 15.2 Å². The van der Waals surface area contributed by atoms with E-state index in [4.69, 9.17) is 9.84 Å². The van der Waals surface area contributed by atoms with Crippen LogP contribution in [0.15, 0.2) is 24.3 Å². The number of carbonyl (C=O) groups excluding carboxylic acids is 1. The number of benzene rings is 1. The summed E-state index contributed by atoms with van der Waals surface area (Å²) in [5.74, 6) is -0.0437. The van der Waals surface area contributed by atoms with Crippen molar-refractivity contribution in [1.82, 2.24) is 5.32 Å². The molecule has 1 aliphatic rings. The Labute approximate surface area is 137 Å². The zero-order chi connectivity index (χ0) is 16.8. The van der Waals surface area contributed by atoms with Gasteiger partial charge in [-0.05, 0) is 49.3 Å². The fourth-order valence-electron chi connectivity index (χ4n) is 2.87. The molecule has 1 saturated carbocycles. The van der Waals surface area contributed by atoms with Crippen LogP contribution >= 0.6 is 0 Å². The minimum absolute atomic E-state index is 0.0135.